The van der Waals surface area contributed by atoms with Crippen LogP contribution in [0.4, 0.5) is 0 Å². The number of esters is 2. The minimum atomic E-state index is -1.24. The van der Waals surface area contributed by atoms with Crippen LogP contribution in [0.15, 0.2) is 28.2 Å². The first kappa shape index (κ1) is 14.6. The second kappa shape index (κ2) is 5.28. The highest BCUT2D eigenvalue weighted by Crippen LogP contribution is 2.28. The van der Waals surface area contributed by atoms with Gasteiger partial charge in [0.15, 0.2) is 0 Å². The van der Waals surface area contributed by atoms with Crippen LogP contribution in [0.1, 0.15) is 19.4 Å². The molecule has 106 valence electrons. The number of ether oxygens (including phenoxy) is 3. The molecule has 20 heavy (non-hydrogen) atoms. The van der Waals surface area contributed by atoms with E-state index in [1.54, 1.807) is 18.2 Å². The lowest BCUT2D eigenvalue weighted by molar-refractivity contribution is -0.222. The monoisotopic (exact) mass is 340 g/mol. The van der Waals surface area contributed by atoms with Gasteiger partial charge >= 0.3 is 11.9 Å². The molecule has 1 heterocycles. The van der Waals surface area contributed by atoms with E-state index in [9.17, 15) is 9.59 Å². The molecule has 1 aliphatic rings. The predicted octanol–water partition coefficient (Wildman–Crippen LogP) is 2.68. The molecule has 0 amide bonds. The molecule has 0 aromatic heterocycles. The van der Waals surface area contributed by atoms with Crippen LogP contribution in [0.2, 0.25) is 0 Å². The third-order valence-electron chi connectivity index (χ3n) is 2.61. The zero-order valence-corrected chi connectivity index (χ0v) is 12.8. The largest absolute Gasteiger partial charge is 0.496 e. The van der Waals surface area contributed by atoms with Gasteiger partial charge in [-0.1, -0.05) is 15.9 Å². The average molecular weight is 341 g/mol. The summed E-state index contributed by atoms with van der Waals surface area (Å²) in [6.45, 7) is 3.00. The smallest absolute Gasteiger partial charge is 0.348 e. The minimum absolute atomic E-state index is 0.166. The van der Waals surface area contributed by atoms with E-state index in [2.05, 4.69) is 15.9 Å². The van der Waals surface area contributed by atoms with Crippen LogP contribution in [-0.2, 0) is 19.1 Å². The summed E-state index contributed by atoms with van der Waals surface area (Å²) in [4.78, 5) is 23.7. The third kappa shape index (κ3) is 3.01. The number of halogens is 1. The fraction of sp³-hybridized carbons (Fsp3) is 0.286. The molecule has 1 fully saturated rings. The normalized spacial score (nSPS) is 17.3. The fourth-order valence-corrected chi connectivity index (χ4v) is 2.13. The highest BCUT2D eigenvalue weighted by atomic mass is 79.9. The predicted molar refractivity (Wildman–Crippen MR) is 74.9 cm³/mol. The van der Waals surface area contributed by atoms with Crippen molar-refractivity contribution in [1.29, 1.82) is 0 Å². The second-order valence-corrected chi connectivity index (χ2v) is 5.54. The summed E-state index contributed by atoms with van der Waals surface area (Å²) in [5.41, 5.74) is 0.409. The van der Waals surface area contributed by atoms with Crippen molar-refractivity contribution in [2.75, 3.05) is 7.11 Å². The van der Waals surface area contributed by atoms with Gasteiger partial charge in [0.25, 0.3) is 5.79 Å². The molecule has 0 saturated carbocycles. The first-order valence-corrected chi connectivity index (χ1v) is 6.63. The van der Waals surface area contributed by atoms with Crippen LogP contribution in [0.25, 0.3) is 6.08 Å². The van der Waals surface area contributed by atoms with Crippen LogP contribution in [0.3, 0.4) is 0 Å². The van der Waals surface area contributed by atoms with Gasteiger partial charge in [-0.3, -0.25) is 0 Å². The molecule has 0 unspecified atom stereocenters. The summed E-state index contributed by atoms with van der Waals surface area (Å²) in [6, 6.07) is 5.24. The number of rotatable bonds is 2. The second-order valence-electron chi connectivity index (χ2n) is 4.62. The van der Waals surface area contributed by atoms with Crippen LogP contribution in [-0.4, -0.2) is 24.8 Å². The quantitative estimate of drug-likeness (QED) is 0.470. The van der Waals surface area contributed by atoms with Gasteiger partial charge < -0.3 is 14.2 Å². The van der Waals surface area contributed by atoms with Crippen molar-refractivity contribution in [1.82, 2.24) is 0 Å². The van der Waals surface area contributed by atoms with Crippen LogP contribution in [0.5, 0.6) is 5.75 Å². The Bertz CT molecular complexity index is 582. The molecule has 0 N–H and O–H groups in total. The van der Waals surface area contributed by atoms with E-state index < -0.39 is 17.7 Å². The summed E-state index contributed by atoms with van der Waals surface area (Å²) < 4.78 is 16.0. The molecule has 0 bridgehead atoms. The van der Waals surface area contributed by atoms with Crippen molar-refractivity contribution in [2.24, 2.45) is 0 Å². The molecule has 5 nitrogen and oxygen atoms in total. The maximum Gasteiger partial charge on any atom is 0.348 e. The van der Waals surface area contributed by atoms with Gasteiger partial charge in [0.2, 0.25) is 0 Å². The standard InChI is InChI=1S/C14H13BrO5/c1-14(2)19-12(16)10(13(17)20-14)7-8-6-9(15)4-5-11(8)18-3/h4-7H,1-3H3. The zero-order valence-electron chi connectivity index (χ0n) is 11.2. The highest BCUT2D eigenvalue weighted by Gasteiger charge is 2.38. The van der Waals surface area contributed by atoms with E-state index in [0.29, 0.717) is 11.3 Å². The van der Waals surface area contributed by atoms with E-state index in [1.165, 1.54) is 27.0 Å². The summed E-state index contributed by atoms with van der Waals surface area (Å²) in [5, 5.41) is 0. The van der Waals surface area contributed by atoms with Crippen molar-refractivity contribution >= 4 is 33.9 Å². The number of hydrogen-bond donors (Lipinski definition) is 0. The maximum atomic E-state index is 11.9. The summed E-state index contributed by atoms with van der Waals surface area (Å²) >= 11 is 3.32. The van der Waals surface area contributed by atoms with Gasteiger partial charge in [-0.05, 0) is 24.3 Å². The Morgan fingerprint density at radius 2 is 1.80 bits per heavy atom. The summed E-state index contributed by atoms with van der Waals surface area (Å²) in [6.07, 6.45) is 1.39. The van der Waals surface area contributed by atoms with E-state index in [0.717, 1.165) is 4.47 Å². The zero-order chi connectivity index (χ0) is 14.9. The van der Waals surface area contributed by atoms with Crippen molar-refractivity contribution in [3.05, 3.63) is 33.8 Å². The molecule has 2 rings (SSSR count). The Kier molecular flexibility index (Phi) is 3.85. The lowest BCUT2D eigenvalue weighted by Gasteiger charge is -2.29. The van der Waals surface area contributed by atoms with E-state index in [-0.39, 0.29) is 5.57 Å². The Hall–Kier alpha value is -1.82. The number of benzene rings is 1. The molecule has 0 aliphatic carbocycles. The molecular formula is C14H13BrO5. The lowest BCUT2D eigenvalue weighted by atomic mass is 10.1. The molecule has 1 saturated heterocycles. The Balaban J connectivity index is 2.43. The van der Waals surface area contributed by atoms with E-state index in [4.69, 9.17) is 14.2 Å². The van der Waals surface area contributed by atoms with Crippen molar-refractivity contribution in [3.8, 4) is 5.75 Å². The van der Waals surface area contributed by atoms with Gasteiger partial charge in [0, 0.05) is 23.9 Å². The SMILES string of the molecule is COc1ccc(Br)cc1C=C1C(=O)OC(C)(C)OC1=O. The van der Waals surface area contributed by atoms with E-state index in [1.807, 2.05) is 0 Å². The maximum absolute atomic E-state index is 11.9. The number of methoxy groups -OCH3 is 1. The number of hydrogen-bond acceptors (Lipinski definition) is 5. The molecule has 0 radical (unpaired) electrons. The lowest BCUT2D eigenvalue weighted by Crippen LogP contribution is -2.41. The Labute approximate surface area is 124 Å². The third-order valence-corrected chi connectivity index (χ3v) is 3.10. The molecule has 1 aromatic carbocycles. The fourth-order valence-electron chi connectivity index (χ4n) is 1.75. The van der Waals surface area contributed by atoms with Gasteiger partial charge in [0.05, 0.1) is 7.11 Å². The molecule has 6 heteroatoms. The minimum Gasteiger partial charge on any atom is -0.496 e. The Morgan fingerprint density at radius 1 is 1.20 bits per heavy atom. The summed E-state index contributed by atoms with van der Waals surface area (Å²) in [7, 11) is 1.51. The van der Waals surface area contributed by atoms with Gasteiger partial charge in [-0.2, -0.15) is 0 Å². The van der Waals surface area contributed by atoms with Gasteiger partial charge in [-0.15, -0.1) is 0 Å². The topological polar surface area (TPSA) is 61.8 Å². The van der Waals surface area contributed by atoms with Gasteiger partial charge in [-0.25, -0.2) is 9.59 Å². The first-order valence-electron chi connectivity index (χ1n) is 5.84. The van der Waals surface area contributed by atoms with Crippen molar-refractivity contribution in [2.45, 2.75) is 19.6 Å². The molecule has 1 aromatic rings. The number of carbonyl (C=O) groups excluding carboxylic acids is 2. The van der Waals surface area contributed by atoms with Crippen molar-refractivity contribution < 1.29 is 23.8 Å². The molecule has 1 aliphatic heterocycles. The Morgan fingerprint density at radius 3 is 2.35 bits per heavy atom. The summed E-state index contributed by atoms with van der Waals surface area (Å²) in [5.74, 6) is -2.14. The highest BCUT2D eigenvalue weighted by molar-refractivity contribution is 9.10. The van der Waals surface area contributed by atoms with Gasteiger partial charge in [0.1, 0.15) is 11.3 Å². The van der Waals surface area contributed by atoms with Crippen LogP contribution < -0.4 is 4.74 Å². The first-order chi connectivity index (χ1) is 9.32. The molecular weight excluding hydrogens is 328 g/mol. The average Bonchev–Trinajstić information content (AvgIpc) is 2.33. The number of carbonyl (C=O) groups is 2. The molecule has 0 atom stereocenters. The van der Waals surface area contributed by atoms with Crippen LogP contribution >= 0.6 is 15.9 Å². The number of cyclic esters (lactones) is 2. The van der Waals surface area contributed by atoms with E-state index >= 15 is 0 Å². The van der Waals surface area contributed by atoms with Crippen molar-refractivity contribution in [3.63, 3.8) is 0 Å². The molecule has 0 spiro atoms. The van der Waals surface area contributed by atoms with Crippen LogP contribution in [0, 0.1) is 0 Å².